The molecule has 3 rings (SSSR count). The van der Waals surface area contributed by atoms with Gasteiger partial charge in [-0.1, -0.05) is 0 Å². The molecule has 0 saturated carbocycles. The summed E-state index contributed by atoms with van der Waals surface area (Å²) in [4.78, 5) is 16.2. The van der Waals surface area contributed by atoms with Crippen LogP contribution in [0, 0.1) is 6.92 Å². The van der Waals surface area contributed by atoms with Crippen molar-refractivity contribution in [2.45, 2.75) is 13.1 Å². The SMILES string of the molecule is Cc1cc(O)ccc1NC(=O)c1coc(-c2ccc(C(F)(F)F)cc2)n1. The third-order valence-electron chi connectivity index (χ3n) is 3.65. The maximum Gasteiger partial charge on any atom is 0.416 e. The lowest BCUT2D eigenvalue weighted by atomic mass is 10.1. The molecular weight excluding hydrogens is 349 g/mol. The van der Waals surface area contributed by atoms with Gasteiger partial charge in [0.05, 0.1) is 5.56 Å². The monoisotopic (exact) mass is 362 g/mol. The molecule has 0 fully saturated rings. The van der Waals surface area contributed by atoms with Crippen LogP contribution < -0.4 is 5.32 Å². The molecule has 26 heavy (non-hydrogen) atoms. The molecule has 1 heterocycles. The molecule has 3 aromatic rings. The molecule has 8 heteroatoms. The van der Waals surface area contributed by atoms with Crippen molar-refractivity contribution >= 4 is 11.6 Å². The predicted octanol–water partition coefficient (Wildman–Crippen LogP) is 4.63. The fraction of sp³-hybridized carbons (Fsp3) is 0.111. The van der Waals surface area contributed by atoms with Gasteiger partial charge in [-0.25, -0.2) is 4.98 Å². The minimum Gasteiger partial charge on any atom is -0.508 e. The Morgan fingerprint density at radius 3 is 2.46 bits per heavy atom. The van der Waals surface area contributed by atoms with E-state index in [4.69, 9.17) is 4.42 Å². The van der Waals surface area contributed by atoms with E-state index in [1.54, 1.807) is 13.0 Å². The van der Waals surface area contributed by atoms with Crippen molar-refractivity contribution in [3.8, 4) is 17.2 Å². The molecule has 0 aliphatic rings. The highest BCUT2D eigenvalue weighted by atomic mass is 19.4. The molecule has 0 aliphatic heterocycles. The van der Waals surface area contributed by atoms with Crippen molar-refractivity contribution in [2.75, 3.05) is 5.32 Å². The maximum absolute atomic E-state index is 12.6. The van der Waals surface area contributed by atoms with Crippen molar-refractivity contribution in [1.29, 1.82) is 0 Å². The first-order valence-electron chi connectivity index (χ1n) is 7.48. The van der Waals surface area contributed by atoms with E-state index in [1.807, 2.05) is 0 Å². The first-order chi connectivity index (χ1) is 12.2. The third kappa shape index (κ3) is 3.69. The van der Waals surface area contributed by atoms with Crippen LogP contribution >= 0.6 is 0 Å². The summed E-state index contributed by atoms with van der Waals surface area (Å²) in [5, 5.41) is 12.0. The van der Waals surface area contributed by atoms with E-state index in [0.717, 1.165) is 18.4 Å². The zero-order chi connectivity index (χ0) is 18.9. The molecule has 1 aromatic heterocycles. The van der Waals surface area contributed by atoms with E-state index in [-0.39, 0.29) is 17.3 Å². The smallest absolute Gasteiger partial charge is 0.416 e. The minimum atomic E-state index is -4.43. The number of phenolic OH excluding ortho intramolecular Hbond substituents is 1. The number of carbonyl (C=O) groups is 1. The van der Waals surface area contributed by atoms with Crippen LogP contribution in [0.3, 0.4) is 0 Å². The molecular formula is C18H13F3N2O3. The summed E-state index contributed by atoms with van der Waals surface area (Å²) in [6.45, 7) is 1.71. The number of halogens is 3. The van der Waals surface area contributed by atoms with Gasteiger partial charge in [0.25, 0.3) is 5.91 Å². The number of hydrogen-bond acceptors (Lipinski definition) is 4. The first-order valence-corrected chi connectivity index (χ1v) is 7.48. The Bertz CT molecular complexity index is 947. The second-order valence-electron chi connectivity index (χ2n) is 5.57. The number of oxazole rings is 1. The summed E-state index contributed by atoms with van der Waals surface area (Å²) in [6, 6.07) is 8.74. The van der Waals surface area contributed by atoms with Crippen molar-refractivity contribution in [3.05, 3.63) is 65.5 Å². The molecule has 0 aliphatic carbocycles. The topological polar surface area (TPSA) is 75.4 Å². The molecule has 2 aromatic carbocycles. The summed E-state index contributed by atoms with van der Waals surface area (Å²) in [6.07, 6.45) is -3.31. The Morgan fingerprint density at radius 1 is 1.15 bits per heavy atom. The van der Waals surface area contributed by atoms with Crippen LogP contribution in [0.25, 0.3) is 11.5 Å². The second-order valence-corrected chi connectivity index (χ2v) is 5.57. The number of hydrogen-bond donors (Lipinski definition) is 2. The van der Waals surface area contributed by atoms with E-state index in [1.165, 1.54) is 24.3 Å². The highest BCUT2D eigenvalue weighted by Crippen LogP contribution is 2.31. The Morgan fingerprint density at radius 2 is 1.85 bits per heavy atom. The van der Waals surface area contributed by atoms with E-state index in [9.17, 15) is 23.1 Å². The quantitative estimate of drug-likeness (QED) is 0.667. The normalized spacial score (nSPS) is 11.4. The molecule has 1 amide bonds. The number of nitrogens with one attached hydrogen (secondary N) is 1. The Labute approximate surface area is 146 Å². The maximum atomic E-state index is 12.6. The minimum absolute atomic E-state index is 0.0210. The van der Waals surface area contributed by atoms with Crippen molar-refractivity contribution in [3.63, 3.8) is 0 Å². The number of benzene rings is 2. The molecule has 0 unspecified atom stereocenters. The van der Waals surface area contributed by atoms with Crippen LogP contribution in [0.2, 0.25) is 0 Å². The van der Waals surface area contributed by atoms with E-state index < -0.39 is 17.6 Å². The van der Waals surface area contributed by atoms with Crippen molar-refractivity contribution < 1.29 is 27.5 Å². The number of rotatable bonds is 3. The van der Waals surface area contributed by atoms with E-state index in [2.05, 4.69) is 10.3 Å². The zero-order valence-corrected chi connectivity index (χ0v) is 13.5. The predicted molar refractivity (Wildman–Crippen MR) is 87.7 cm³/mol. The van der Waals surface area contributed by atoms with Gasteiger partial charge < -0.3 is 14.8 Å². The van der Waals surface area contributed by atoms with Gasteiger partial charge >= 0.3 is 6.18 Å². The number of aromatic hydroxyl groups is 1. The number of phenols is 1. The van der Waals surface area contributed by atoms with Gasteiger partial charge in [0.1, 0.15) is 12.0 Å². The van der Waals surface area contributed by atoms with Gasteiger partial charge in [-0.15, -0.1) is 0 Å². The molecule has 0 spiro atoms. The zero-order valence-electron chi connectivity index (χ0n) is 13.5. The molecule has 0 atom stereocenters. The molecule has 5 nitrogen and oxygen atoms in total. The third-order valence-corrected chi connectivity index (χ3v) is 3.65. The highest BCUT2D eigenvalue weighted by molar-refractivity contribution is 6.03. The fourth-order valence-corrected chi connectivity index (χ4v) is 2.29. The van der Waals surface area contributed by atoms with Gasteiger partial charge in [0.15, 0.2) is 5.69 Å². The van der Waals surface area contributed by atoms with Crippen LogP contribution in [0.1, 0.15) is 21.6 Å². The van der Waals surface area contributed by atoms with Gasteiger partial charge in [0.2, 0.25) is 5.89 Å². The molecule has 0 bridgehead atoms. The van der Waals surface area contributed by atoms with Crippen molar-refractivity contribution in [1.82, 2.24) is 4.98 Å². The standard InChI is InChI=1S/C18H13F3N2O3/c1-10-8-13(24)6-7-14(10)22-16(25)15-9-26-17(23-15)11-2-4-12(5-3-11)18(19,20)21/h2-9,24H,1H3,(H,22,25). The largest absolute Gasteiger partial charge is 0.508 e. The summed E-state index contributed by atoms with van der Waals surface area (Å²) in [5.41, 5.74) is 0.663. The fourth-order valence-electron chi connectivity index (χ4n) is 2.29. The van der Waals surface area contributed by atoms with Gasteiger partial charge in [-0.3, -0.25) is 4.79 Å². The second kappa shape index (κ2) is 6.55. The number of nitrogens with zero attached hydrogens (tertiary/aromatic N) is 1. The molecule has 2 N–H and O–H groups in total. The van der Waals surface area contributed by atoms with Crippen molar-refractivity contribution in [2.24, 2.45) is 0 Å². The molecule has 134 valence electrons. The lowest BCUT2D eigenvalue weighted by Gasteiger charge is -2.07. The Kier molecular flexibility index (Phi) is 4.41. The Hall–Kier alpha value is -3.29. The average Bonchev–Trinajstić information content (AvgIpc) is 3.07. The molecule has 0 radical (unpaired) electrons. The number of carbonyl (C=O) groups excluding carboxylic acids is 1. The van der Waals surface area contributed by atoms with Crippen LogP contribution in [0.4, 0.5) is 18.9 Å². The number of aromatic nitrogens is 1. The van der Waals surface area contributed by atoms with Crippen LogP contribution in [0.5, 0.6) is 5.75 Å². The summed E-state index contributed by atoms with van der Waals surface area (Å²) >= 11 is 0. The number of alkyl halides is 3. The van der Waals surface area contributed by atoms with Crippen LogP contribution in [-0.2, 0) is 6.18 Å². The lowest BCUT2D eigenvalue weighted by Crippen LogP contribution is -2.13. The average molecular weight is 362 g/mol. The summed E-state index contributed by atoms with van der Waals surface area (Å²) in [7, 11) is 0. The summed E-state index contributed by atoms with van der Waals surface area (Å²) < 4.78 is 43.0. The van der Waals surface area contributed by atoms with Gasteiger partial charge in [-0.2, -0.15) is 13.2 Å². The first kappa shape index (κ1) is 17.5. The highest BCUT2D eigenvalue weighted by Gasteiger charge is 2.30. The number of anilines is 1. The van der Waals surface area contributed by atoms with E-state index in [0.29, 0.717) is 16.8 Å². The number of amides is 1. The van der Waals surface area contributed by atoms with Crippen LogP contribution in [-0.4, -0.2) is 16.0 Å². The lowest BCUT2D eigenvalue weighted by molar-refractivity contribution is -0.137. The molecule has 0 saturated heterocycles. The van der Waals surface area contributed by atoms with Crippen LogP contribution in [0.15, 0.2) is 53.1 Å². The number of aryl methyl sites for hydroxylation is 1. The van der Waals surface area contributed by atoms with E-state index >= 15 is 0 Å². The van der Waals surface area contributed by atoms with Gasteiger partial charge in [0, 0.05) is 11.3 Å². The summed E-state index contributed by atoms with van der Waals surface area (Å²) in [5.74, 6) is -0.432. The van der Waals surface area contributed by atoms with Gasteiger partial charge in [-0.05, 0) is 55.0 Å². The Balaban J connectivity index is 1.77.